The second kappa shape index (κ2) is 14.6. The third-order valence-electron chi connectivity index (χ3n) is 5.78. The Morgan fingerprint density at radius 2 is 1.24 bits per heavy atom. The van der Waals surface area contributed by atoms with Gasteiger partial charge in [0.1, 0.15) is 0 Å². The van der Waals surface area contributed by atoms with Crippen LogP contribution in [0.3, 0.4) is 0 Å². The third-order valence-corrected chi connectivity index (χ3v) is 5.78. The van der Waals surface area contributed by atoms with Crippen LogP contribution in [0.2, 0.25) is 0 Å². The lowest BCUT2D eigenvalue weighted by molar-refractivity contribution is -0.123. The Kier molecular flexibility index (Phi) is 13.1. The van der Waals surface area contributed by atoms with E-state index in [1.807, 2.05) is 0 Å². The SMILES string of the molecule is CCCCCCCCCCCCCCCC(=O)NC1(CO)CCCC1. The topological polar surface area (TPSA) is 49.3 Å². The Morgan fingerprint density at radius 1 is 0.800 bits per heavy atom. The van der Waals surface area contributed by atoms with Crippen molar-refractivity contribution in [3.63, 3.8) is 0 Å². The quantitative estimate of drug-likeness (QED) is 0.340. The zero-order chi connectivity index (χ0) is 18.2. The van der Waals surface area contributed by atoms with Crippen LogP contribution in [-0.4, -0.2) is 23.2 Å². The van der Waals surface area contributed by atoms with Crippen LogP contribution in [0.5, 0.6) is 0 Å². The van der Waals surface area contributed by atoms with Crippen molar-refractivity contribution in [2.45, 2.75) is 128 Å². The first kappa shape index (κ1) is 22.5. The number of carbonyl (C=O) groups is 1. The molecule has 0 saturated heterocycles. The molecule has 2 N–H and O–H groups in total. The number of unbranched alkanes of at least 4 members (excludes halogenated alkanes) is 12. The summed E-state index contributed by atoms with van der Waals surface area (Å²) in [7, 11) is 0. The van der Waals surface area contributed by atoms with E-state index in [9.17, 15) is 9.90 Å². The fourth-order valence-electron chi connectivity index (χ4n) is 4.04. The Labute approximate surface area is 156 Å². The summed E-state index contributed by atoms with van der Waals surface area (Å²) >= 11 is 0. The average Bonchev–Trinajstić information content (AvgIpc) is 3.08. The van der Waals surface area contributed by atoms with Crippen molar-refractivity contribution in [1.82, 2.24) is 5.32 Å². The van der Waals surface area contributed by atoms with Crippen LogP contribution < -0.4 is 5.32 Å². The summed E-state index contributed by atoms with van der Waals surface area (Å²) in [6.07, 6.45) is 22.0. The normalized spacial score (nSPS) is 16.2. The molecule has 3 nitrogen and oxygen atoms in total. The highest BCUT2D eigenvalue weighted by molar-refractivity contribution is 5.76. The van der Waals surface area contributed by atoms with Crippen LogP contribution in [0.25, 0.3) is 0 Å². The molecule has 1 fully saturated rings. The van der Waals surface area contributed by atoms with Crippen molar-refractivity contribution in [3.8, 4) is 0 Å². The Hall–Kier alpha value is -0.570. The van der Waals surface area contributed by atoms with Gasteiger partial charge in [-0.15, -0.1) is 0 Å². The molecule has 0 spiro atoms. The van der Waals surface area contributed by atoms with Gasteiger partial charge in [-0.1, -0.05) is 96.8 Å². The molecule has 0 atom stereocenters. The van der Waals surface area contributed by atoms with Gasteiger partial charge in [0.05, 0.1) is 12.1 Å². The number of hydrogen-bond acceptors (Lipinski definition) is 2. The van der Waals surface area contributed by atoms with Crippen LogP contribution >= 0.6 is 0 Å². The highest BCUT2D eigenvalue weighted by Crippen LogP contribution is 2.29. The molecule has 1 saturated carbocycles. The molecule has 0 aliphatic heterocycles. The molecular weight excluding hydrogens is 310 g/mol. The van der Waals surface area contributed by atoms with Gasteiger partial charge >= 0.3 is 0 Å². The zero-order valence-corrected chi connectivity index (χ0v) is 16.8. The van der Waals surface area contributed by atoms with Crippen LogP contribution in [0, 0.1) is 0 Å². The number of aliphatic hydroxyl groups excluding tert-OH is 1. The summed E-state index contributed by atoms with van der Waals surface area (Å²) in [6.45, 7) is 2.37. The molecule has 0 aromatic rings. The van der Waals surface area contributed by atoms with E-state index in [-0.39, 0.29) is 18.1 Å². The van der Waals surface area contributed by atoms with E-state index in [4.69, 9.17) is 0 Å². The van der Waals surface area contributed by atoms with Gasteiger partial charge in [0, 0.05) is 6.42 Å². The van der Waals surface area contributed by atoms with Crippen molar-refractivity contribution in [2.75, 3.05) is 6.61 Å². The number of hydrogen-bond donors (Lipinski definition) is 2. The van der Waals surface area contributed by atoms with Crippen molar-refractivity contribution < 1.29 is 9.90 Å². The molecule has 148 valence electrons. The predicted molar refractivity (Wildman–Crippen MR) is 107 cm³/mol. The number of rotatable bonds is 16. The fraction of sp³-hybridized carbons (Fsp3) is 0.955. The monoisotopic (exact) mass is 353 g/mol. The van der Waals surface area contributed by atoms with E-state index in [0.29, 0.717) is 6.42 Å². The summed E-state index contributed by atoms with van der Waals surface area (Å²) in [6, 6.07) is 0. The van der Waals surface area contributed by atoms with E-state index in [0.717, 1.165) is 38.5 Å². The van der Waals surface area contributed by atoms with Crippen molar-refractivity contribution in [3.05, 3.63) is 0 Å². The van der Waals surface area contributed by atoms with Crippen LogP contribution in [0.15, 0.2) is 0 Å². The van der Waals surface area contributed by atoms with Gasteiger partial charge < -0.3 is 10.4 Å². The van der Waals surface area contributed by atoms with Gasteiger partial charge in [0.25, 0.3) is 0 Å². The smallest absolute Gasteiger partial charge is 0.220 e. The first-order chi connectivity index (χ1) is 12.2. The average molecular weight is 354 g/mol. The molecule has 0 bridgehead atoms. The standard InChI is InChI=1S/C22H43NO2/c1-2-3-4-5-6-7-8-9-10-11-12-13-14-17-21(25)23-22(20-24)18-15-16-19-22/h24H,2-20H2,1H3,(H,23,25). The van der Waals surface area contributed by atoms with Gasteiger partial charge in [0.2, 0.25) is 5.91 Å². The van der Waals surface area contributed by atoms with E-state index < -0.39 is 0 Å². The minimum atomic E-state index is -0.298. The molecule has 25 heavy (non-hydrogen) atoms. The van der Waals surface area contributed by atoms with Crippen LogP contribution in [-0.2, 0) is 4.79 Å². The molecule has 1 aliphatic carbocycles. The maximum absolute atomic E-state index is 12.0. The number of aliphatic hydroxyl groups is 1. The summed E-state index contributed by atoms with van der Waals surface area (Å²) in [5, 5.41) is 12.6. The lowest BCUT2D eigenvalue weighted by Gasteiger charge is -2.28. The Bertz CT molecular complexity index is 324. The highest BCUT2D eigenvalue weighted by Gasteiger charge is 2.34. The molecular formula is C22H43NO2. The minimum Gasteiger partial charge on any atom is -0.394 e. The minimum absolute atomic E-state index is 0.0946. The molecule has 0 radical (unpaired) electrons. The fourth-order valence-corrected chi connectivity index (χ4v) is 4.04. The van der Waals surface area contributed by atoms with Crippen LogP contribution in [0.1, 0.15) is 122 Å². The third kappa shape index (κ3) is 10.9. The summed E-state index contributed by atoms with van der Waals surface area (Å²) in [5.41, 5.74) is -0.298. The molecule has 3 heteroatoms. The van der Waals surface area contributed by atoms with Crippen LogP contribution in [0.4, 0.5) is 0 Å². The van der Waals surface area contributed by atoms with Gasteiger partial charge in [-0.25, -0.2) is 0 Å². The molecule has 1 amide bonds. The molecule has 1 rings (SSSR count). The van der Waals surface area contributed by atoms with E-state index in [1.54, 1.807) is 0 Å². The Balaban J connectivity index is 1.84. The van der Waals surface area contributed by atoms with E-state index in [2.05, 4.69) is 12.2 Å². The maximum atomic E-state index is 12.0. The van der Waals surface area contributed by atoms with E-state index >= 15 is 0 Å². The van der Waals surface area contributed by atoms with Gasteiger partial charge in [-0.05, 0) is 19.3 Å². The summed E-state index contributed by atoms with van der Waals surface area (Å²) < 4.78 is 0. The summed E-state index contributed by atoms with van der Waals surface area (Å²) in [5.74, 6) is 0.138. The molecule has 0 aromatic heterocycles. The predicted octanol–water partition coefficient (Wildman–Crippen LogP) is 5.89. The van der Waals surface area contributed by atoms with E-state index in [1.165, 1.54) is 70.6 Å². The maximum Gasteiger partial charge on any atom is 0.220 e. The Morgan fingerprint density at radius 3 is 1.68 bits per heavy atom. The number of carbonyl (C=O) groups excluding carboxylic acids is 1. The highest BCUT2D eigenvalue weighted by atomic mass is 16.3. The second-order valence-corrected chi connectivity index (χ2v) is 8.19. The first-order valence-electron chi connectivity index (χ1n) is 11.1. The lowest BCUT2D eigenvalue weighted by atomic mass is 9.98. The molecule has 0 aromatic carbocycles. The first-order valence-corrected chi connectivity index (χ1v) is 11.1. The van der Waals surface area contributed by atoms with Crippen molar-refractivity contribution in [2.24, 2.45) is 0 Å². The van der Waals surface area contributed by atoms with Crippen molar-refractivity contribution in [1.29, 1.82) is 0 Å². The molecule has 0 unspecified atom stereocenters. The van der Waals surface area contributed by atoms with Crippen molar-refractivity contribution >= 4 is 5.91 Å². The van der Waals surface area contributed by atoms with Gasteiger partial charge in [-0.2, -0.15) is 0 Å². The largest absolute Gasteiger partial charge is 0.394 e. The zero-order valence-electron chi connectivity index (χ0n) is 16.8. The molecule has 1 aliphatic rings. The van der Waals surface area contributed by atoms with Gasteiger partial charge in [-0.3, -0.25) is 4.79 Å². The number of nitrogens with one attached hydrogen (secondary N) is 1. The summed E-state index contributed by atoms with van der Waals surface area (Å²) in [4.78, 5) is 12.0. The second-order valence-electron chi connectivity index (χ2n) is 8.19. The lowest BCUT2D eigenvalue weighted by Crippen LogP contribution is -2.49. The number of amides is 1. The van der Waals surface area contributed by atoms with Gasteiger partial charge in [0.15, 0.2) is 0 Å². The molecule has 0 heterocycles.